The van der Waals surface area contributed by atoms with Gasteiger partial charge in [-0.05, 0) is 39.3 Å². The standard InChI is InChI=1S/C10H22N2O2S/c1-3-4-9-15(13,14)12-10(2)5-7-11-8-6-10/h11-12H,3-9H2,1-2H3. The van der Waals surface area contributed by atoms with Crippen LogP contribution in [0.3, 0.4) is 0 Å². The van der Waals surface area contributed by atoms with Crippen LogP contribution in [0.1, 0.15) is 39.5 Å². The molecule has 0 bridgehead atoms. The van der Waals surface area contributed by atoms with Gasteiger partial charge in [-0.2, -0.15) is 0 Å². The van der Waals surface area contributed by atoms with E-state index in [-0.39, 0.29) is 11.3 Å². The molecule has 0 aromatic carbocycles. The molecule has 0 unspecified atom stereocenters. The van der Waals surface area contributed by atoms with E-state index in [1.807, 2.05) is 13.8 Å². The van der Waals surface area contributed by atoms with Gasteiger partial charge >= 0.3 is 0 Å². The maximum atomic E-state index is 11.7. The highest BCUT2D eigenvalue weighted by Crippen LogP contribution is 2.18. The molecule has 1 aliphatic rings. The van der Waals surface area contributed by atoms with Crippen LogP contribution < -0.4 is 10.0 Å². The smallest absolute Gasteiger partial charge is 0.212 e. The Morgan fingerprint density at radius 1 is 1.33 bits per heavy atom. The first-order valence-electron chi connectivity index (χ1n) is 5.70. The largest absolute Gasteiger partial charge is 0.317 e. The lowest BCUT2D eigenvalue weighted by atomic mass is 9.92. The van der Waals surface area contributed by atoms with Crippen molar-refractivity contribution in [2.24, 2.45) is 0 Å². The van der Waals surface area contributed by atoms with Crippen molar-refractivity contribution >= 4 is 10.0 Å². The second-order valence-electron chi connectivity index (χ2n) is 4.59. The summed E-state index contributed by atoms with van der Waals surface area (Å²) >= 11 is 0. The maximum absolute atomic E-state index is 11.7. The van der Waals surface area contributed by atoms with E-state index in [0.29, 0.717) is 0 Å². The Bertz CT molecular complexity index is 282. The van der Waals surface area contributed by atoms with Crippen LogP contribution in [0.2, 0.25) is 0 Å². The minimum atomic E-state index is -3.08. The summed E-state index contributed by atoms with van der Waals surface area (Å²) in [7, 11) is -3.08. The third kappa shape index (κ3) is 4.49. The Morgan fingerprint density at radius 3 is 2.47 bits per heavy atom. The van der Waals surface area contributed by atoms with Crippen LogP contribution in [0.5, 0.6) is 0 Å². The normalized spacial score (nSPS) is 21.5. The number of hydrogen-bond acceptors (Lipinski definition) is 3. The van der Waals surface area contributed by atoms with Gasteiger partial charge in [0.25, 0.3) is 0 Å². The maximum Gasteiger partial charge on any atom is 0.212 e. The van der Waals surface area contributed by atoms with E-state index < -0.39 is 10.0 Å². The number of piperidine rings is 1. The Kier molecular flexibility index (Phi) is 4.55. The molecule has 1 rings (SSSR count). The van der Waals surface area contributed by atoms with E-state index in [1.54, 1.807) is 0 Å². The van der Waals surface area contributed by atoms with Crippen molar-refractivity contribution in [3.8, 4) is 0 Å². The zero-order chi connectivity index (χ0) is 11.4. The number of rotatable bonds is 5. The Balaban J connectivity index is 2.51. The van der Waals surface area contributed by atoms with Crippen LogP contribution in [0.4, 0.5) is 0 Å². The Labute approximate surface area is 92.9 Å². The SMILES string of the molecule is CCCCS(=O)(=O)NC1(C)CCNCC1. The molecule has 1 saturated heterocycles. The molecule has 0 atom stereocenters. The zero-order valence-corrected chi connectivity index (χ0v) is 10.5. The minimum Gasteiger partial charge on any atom is -0.317 e. The molecular weight excluding hydrogens is 212 g/mol. The monoisotopic (exact) mass is 234 g/mol. The van der Waals surface area contributed by atoms with Crippen molar-refractivity contribution in [2.45, 2.75) is 45.1 Å². The van der Waals surface area contributed by atoms with Gasteiger partial charge in [0.05, 0.1) is 5.75 Å². The molecular formula is C10H22N2O2S. The zero-order valence-electron chi connectivity index (χ0n) is 9.67. The molecule has 0 radical (unpaired) electrons. The second-order valence-corrected chi connectivity index (χ2v) is 6.43. The molecule has 15 heavy (non-hydrogen) atoms. The highest BCUT2D eigenvalue weighted by atomic mass is 32.2. The van der Waals surface area contributed by atoms with Gasteiger partial charge in [-0.1, -0.05) is 13.3 Å². The number of nitrogens with one attached hydrogen (secondary N) is 2. The van der Waals surface area contributed by atoms with Gasteiger partial charge in [0.15, 0.2) is 0 Å². The lowest BCUT2D eigenvalue weighted by molar-refractivity contribution is 0.308. The fourth-order valence-corrected chi connectivity index (χ4v) is 3.57. The predicted octanol–water partition coefficient (Wildman–Crippen LogP) is 0.848. The van der Waals surface area contributed by atoms with Crippen LogP contribution in [0.25, 0.3) is 0 Å². The second kappa shape index (κ2) is 5.27. The molecule has 90 valence electrons. The fraction of sp³-hybridized carbons (Fsp3) is 1.00. The van der Waals surface area contributed by atoms with Crippen molar-refractivity contribution < 1.29 is 8.42 Å². The summed E-state index contributed by atoms with van der Waals surface area (Å²) in [5.74, 6) is 0.256. The third-order valence-corrected chi connectivity index (χ3v) is 4.51. The summed E-state index contributed by atoms with van der Waals surface area (Å²) in [4.78, 5) is 0. The fourth-order valence-electron chi connectivity index (χ4n) is 1.84. The Hall–Kier alpha value is -0.130. The van der Waals surface area contributed by atoms with E-state index in [9.17, 15) is 8.42 Å². The summed E-state index contributed by atoms with van der Waals surface area (Å²) in [6, 6.07) is 0. The molecule has 0 aromatic heterocycles. The molecule has 0 amide bonds. The van der Waals surface area contributed by atoms with Gasteiger partial charge in [0.2, 0.25) is 10.0 Å². The van der Waals surface area contributed by atoms with Gasteiger partial charge in [0.1, 0.15) is 0 Å². The molecule has 5 heteroatoms. The lowest BCUT2D eigenvalue weighted by Crippen LogP contribution is -2.52. The molecule has 0 aromatic rings. The van der Waals surface area contributed by atoms with Crippen LogP contribution in [0.15, 0.2) is 0 Å². The highest BCUT2D eigenvalue weighted by molar-refractivity contribution is 7.89. The van der Waals surface area contributed by atoms with Crippen molar-refractivity contribution in [1.82, 2.24) is 10.0 Å². The summed E-state index contributed by atoms with van der Waals surface area (Å²) < 4.78 is 26.3. The van der Waals surface area contributed by atoms with Gasteiger partial charge in [-0.15, -0.1) is 0 Å². The first kappa shape index (κ1) is 12.9. The van der Waals surface area contributed by atoms with E-state index in [2.05, 4.69) is 10.0 Å². The van der Waals surface area contributed by atoms with Crippen molar-refractivity contribution in [2.75, 3.05) is 18.8 Å². The van der Waals surface area contributed by atoms with Crippen molar-refractivity contribution in [3.63, 3.8) is 0 Å². The average molecular weight is 234 g/mol. The van der Waals surface area contributed by atoms with Crippen LogP contribution in [-0.4, -0.2) is 32.8 Å². The number of sulfonamides is 1. The molecule has 0 spiro atoms. The highest BCUT2D eigenvalue weighted by Gasteiger charge is 2.30. The average Bonchev–Trinajstić information content (AvgIpc) is 2.14. The molecule has 1 aliphatic heterocycles. The van der Waals surface area contributed by atoms with Crippen LogP contribution >= 0.6 is 0 Å². The quantitative estimate of drug-likeness (QED) is 0.741. The van der Waals surface area contributed by atoms with Gasteiger partial charge < -0.3 is 5.32 Å². The molecule has 1 fully saturated rings. The molecule has 0 saturated carbocycles. The van der Waals surface area contributed by atoms with Gasteiger partial charge in [0, 0.05) is 5.54 Å². The summed E-state index contributed by atoms with van der Waals surface area (Å²) in [5.41, 5.74) is -0.238. The number of unbranched alkanes of at least 4 members (excludes halogenated alkanes) is 1. The van der Waals surface area contributed by atoms with Crippen molar-refractivity contribution in [3.05, 3.63) is 0 Å². The minimum absolute atomic E-state index is 0.238. The molecule has 1 heterocycles. The first-order valence-corrected chi connectivity index (χ1v) is 7.35. The van der Waals surface area contributed by atoms with E-state index in [1.165, 1.54) is 0 Å². The van der Waals surface area contributed by atoms with Crippen LogP contribution in [0, 0.1) is 0 Å². The molecule has 0 aliphatic carbocycles. The summed E-state index contributed by atoms with van der Waals surface area (Å²) in [5, 5.41) is 3.23. The Morgan fingerprint density at radius 2 is 1.93 bits per heavy atom. The summed E-state index contributed by atoms with van der Waals surface area (Å²) in [6.45, 7) is 5.79. The van der Waals surface area contributed by atoms with Gasteiger partial charge in [-0.25, -0.2) is 13.1 Å². The van der Waals surface area contributed by atoms with Gasteiger partial charge in [-0.3, -0.25) is 0 Å². The molecule has 2 N–H and O–H groups in total. The van der Waals surface area contributed by atoms with E-state index >= 15 is 0 Å². The number of hydrogen-bond donors (Lipinski definition) is 2. The predicted molar refractivity (Wildman–Crippen MR) is 62.3 cm³/mol. The third-order valence-electron chi connectivity index (χ3n) is 2.88. The summed E-state index contributed by atoms with van der Waals surface area (Å²) in [6.07, 6.45) is 3.40. The van der Waals surface area contributed by atoms with E-state index in [0.717, 1.165) is 38.8 Å². The van der Waals surface area contributed by atoms with E-state index in [4.69, 9.17) is 0 Å². The van der Waals surface area contributed by atoms with Crippen molar-refractivity contribution in [1.29, 1.82) is 0 Å². The topological polar surface area (TPSA) is 58.2 Å². The van der Waals surface area contributed by atoms with Crippen LogP contribution in [-0.2, 0) is 10.0 Å². The molecule has 4 nitrogen and oxygen atoms in total. The lowest BCUT2D eigenvalue weighted by Gasteiger charge is -2.34. The first-order chi connectivity index (χ1) is 6.97.